The highest BCUT2D eigenvalue weighted by molar-refractivity contribution is 5.99. The van der Waals surface area contributed by atoms with Crippen LogP contribution < -0.4 is 0 Å². The summed E-state index contributed by atoms with van der Waals surface area (Å²) in [6, 6.07) is 7.86. The number of hydrogen-bond donors (Lipinski definition) is 0. The zero-order valence-electron chi connectivity index (χ0n) is 9.32. The Bertz CT molecular complexity index is 547. The lowest BCUT2D eigenvalue weighted by Gasteiger charge is -2.22. The van der Waals surface area contributed by atoms with Gasteiger partial charge in [0.2, 0.25) is 5.78 Å². The van der Waals surface area contributed by atoms with Crippen LogP contribution in [0.15, 0.2) is 28.7 Å². The second-order valence-corrected chi connectivity index (χ2v) is 4.60. The molecule has 1 heterocycles. The summed E-state index contributed by atoms with van der Waals surface area (Å²) in [5, 5.41) is 1.03. The summed E-state index contributed by atoms with van der Waals surface area (Å²) in [5.41, 5.74) is 1.94. The molecule has 0 aliphatic heterocycles. The molecule has 1 aromatic heterocycles. The molecule has 2 aromatic rings. The summed E-state index contributed by atoms with van der Waals surface area (Å²) < 4.78 is 5.67. The number of carbonyl (C=O) groups is 1. The fourth-order valence-electron chi connectivity index (χ4n) is 2.20. The van der Waals surface area contributed by atoms with E-state index in [4.69, 9.17) is 4.42 Å². The second kappa shape index (κ2) is 3.48. The maximum Gasteiger partial charge on any atom is 0.201 e. The van der Waals surface area contributed by atoms with E-state index in [-0.39, 0.29) is 11.7 Å². The van der Waals surface area contributed by atoms with E-state index in [0.717, 1.165) is 29.4 Å². The summed E-state index contributed by atoms with van der Waals surface area (Å²) in [7, 11) is 0. The van der Waals surface area contributed by atoms with Gasteiger partial charge in [-0.1, -0.05) is 24.6 Å². The number of benzene rings is 1. The van der Waals surface area contributed by atoms with E-state index >= 15 is 0 Å². The Hall–Kier alpha value is -1.57. The Kier molecular flexibility index (Phi) is 2.10. The summed E-state index contributed by atoms with van der Waals surface area (Å²) >= 11 is 0. The van der Waals surface area contributed by atoms with Crippen molar-refractivity contribution >= 4 is 16.8 Å². The van der Waals surface area contributed by atoms with Gasteiger partial charge in [0.1, 0.15) is 5.58 Å². The molecule has 1 aromatic carbocycles. The molecule has 1 fully saturated rings. The lowest BCUT2D eigenvalue weighted by molar-refractivity contribution is 0.0828. The van der Waals surface area contributed by atoms with Crippen molar-refractivity contribution in [3.05, 3.63) is 35.6 Å². The minimum absolute atomic E-state index is 0.182. The van der Waals surface area contributed by atoms with Crippen molar-refractivity contribution in [3.63, 3.8) is 0 Å². The topological polar surface area (TPSA) is 30.2 Å². The third-order valence-electron chi connectivity index (χ3n) is 3.46. The first-order valence-corrected chi connectivity index (χ1v) is 5.79. The number of hydrogen-bond acceptors (Lipinski definition) is 2. The predicted molar refractivity (Wildman–Crippen MR) is 62.6 cm³/mol. The van der Waals surface area contributed by atoms with Gasteiger partial charge in [-0.05, 0) is 31.4 Å². The molecule has 82 valence electrons. The molecule has 16 heavy (non-hydrogen) atoms. The van der Waals surface area contributed by atoms with Gasteiger partial charge in [-0.15, -0.1) is 0 Å². The van der Waals surface area contributed by atoms with E-state index in [2.05, 4.69) is 0 Å². The van der Waals surface area contributed by atoms with Crippen LogP contribution in [0, 0.1) is 12.8 Å². The van der Waals surface area contributed by atoms with Crippen LogP contribution in [0.3, 0.4) is 0 Å². The van der Waals surface area contributed by atoms with Crippen LogP contribution in [0.2, 0.25) is 0 Å². The smallest absolute Gasteiger partial charge is 0.201 e. The number of ketones is 1. The van der Waals surface area contributed by atoms with Crippen molar-refractivity contribution in [1.29, 1.82) is 0 Å². The summed E-state index contributed by atoms with van der Waals surface area (Å²) in [6.45, 7) is 2.00. The fourth-order valence-corrected chi connectivity index (χ4v) is 2.20. The molecule has 0 amide bonds. The molecule has 0 bridgehead atoms. The molecule has 0 saturated heterocycles. The molecule has 2 nitrogen and oxygen atoms in total. The van der Waals surface area contributed by atoms with Gasteiger partial charge in [0.25, 0.3) is 0 Å². The summed E-state index contributed by atoms with van der Waals surface area (Å²) in [4.78, 5) is 12.0. The summed E-state index contributed by atoms with van der Waals surface area (Å²) in [5.74, 6) is 0.928. The van der Waals surface area contributed by atoms with Crippen molar-refractivity contribution in [2.75, 3.05) is 0 Å². The molecule has 1 aliphatic rings. The average molecular weight is 214 g/mol. The molecular formula is C14H14O2. The standard InChI is InChI=1S/C14H14O2/c1-9-4-2-7-11-8-12(16-14(9)11)13(15)10-5-3-6-10/h2,4,7-8,10H,3,5-6H2,1H3. The van der Waals surface area contributed by atoms with Gasteiger partial charge in [0.05, 0.1) is 0 Å². The molecule has 1 saturated carbocycles. The van der Waals surface area contributed by atoms with Crippen molar-refractivity contribution in [3.8, 4) is 0 Å². The Labute approximate surface area is 94.3 Å². The van der Waals surface area contributed by atoms with Crippen molar-refractivity contribution in [2.24, 2.45) is 5.92 Å². The minimum Gasteiger partial charge on any atom is -0.453 e. The molecule has 0 N–H and O–H groups in total. The first-order valence-electron chi connectivity index (χ1n) is 5.79. The highest BCUT2D eigenvalue weighted by Crippen LogP contribution is 2.32. The quantitative estimate of drug-likeness (QED) is 0.713. The van der Waals surface area contributed by atoms with Gasteiger partial charge in [-0.3, -0.25) is 4.79 Å². The van der Waals surface area contributed by atoms with Crippen LogP contribution in [0.5, 0.6) is 0 Å². The highest BCUT2D eigenvalue weighted by Gasteiger charge is 2.28. The van der Waals surface area contributed by atoms with E-state index in [1.165, 1.54) is 6.42 Å². The largest absolute Gasteiger partial charge is 0.453 e. The number of rotatable bonds is 2. The van der Waals surface area contributed by atoms with E-state index in [1.807, 2.05) is 31.2 Å². The first-order chi connectivity index (χ1) is 7.75. The monoisotopic (exact) mass is 214 g/mol. The normalized spacial score (nSPS) is 16.3. The van der Waals surface area contributed by atoms with E-state index in [1.54, 1.807) is 0 Å². The van der Waals surface area contributed by atoms with Gasteiger partial charge in [-0.25, -0.2) is 0 Å². The summed E-state index contributed by atoms with van der Waals surface area (Å²) in [6.07, 6.45) is 3.22. The average Bonchev–Trinajstić information content (AvgIpc) is 2.60. The molecule has 0 spiro atoms. The molecule has 3 rings (SSSR count). The van der Waals surface area contributed by atoms with Crippen LogP contribution in [0.4, 0.5) is 0 Å². The second-order valence-electron chi connectivity index (χ2n) is 4.60. The Morgan fingerprint density at radius 2 is 2.19 bits per heavy atom. The molecule has 2 heteroatoms. The van der Waals surface area contributed by atoms with E-state index in [9.17, 15) is 4.79 Å². The predicted octanol–water partition coefficient (Wildman–Crippen LogP) is 3.72. The van der Waals surface area contributed by atoms with Crippen molar-refractivity contribution < 1.29 is 9.21 Å². The molecular weight excluding hydrogens is 200 g/mol. The minimum atomic E-state index is 0.182. The number of Topliss-reactive ketones (excluding diaryl/α,β-unsaturated/α-hetero) is 1. The van der Waals surface area contributed by atoms with Crippen LogP contribution in [0.25, 0.3) is 11.0 Å². The number of para-hydroxylation sites is 1. The molecule has 0 radical (unpaired) electrons. The molecule has 1 aliphatic carbocycles. The van der Waals surface area contributed by atoms with Gasteiger partial charge < -0.3 is 4.42 Å². The number of aryl methyl sites for hydroxylation is 1. The molecule has 0 atom stereocenters. The van der Waals surface area contributed by atoms with Gasteiger partial charge in [0, 0.05) is 11.3 Å². The third-order valence-corrected chi connectivity index (χ3v) is 3.46. The number of furan rings is 1. The lowest BCUT2D eigenvalue weighted by Crippen LogP contribution is -2.21. The van der Waals surface area contributed by atoms with Crippen LogP contribution in [-0.4, -0.2) is 5.78 Å². The Balaban J connectivity index is 2.04. The SMILES string of the molecule is Cc1cccc2cc(C(=O)C3CCC3)oc12. The number of fused-ring (bicyclic) bond motifs is 1. The van der Waals surface area contributed by atoms with Crippen LogP contribution in [0.1, 0.15) is 35.4 Å². The Morgan fingerprint density at radius 3 is 2.81 bits per heavy atom. The molecule has 0 unspecified atom stereocenters. The van der Waals surface area contributed by atoms with E-state index in [0.29, 0.717) is 5.76 Å². The first kappa shape index (κ1) is 9.64. The zero-order valence-corrected chi connectivity index (χ0v) is 9.32. The maximum atomic E-state index is 12.0. The van der Waals surface area contributed by atoms with Crippen molar-refractivity contribution in [2.45, 2.75) is 26.2 Å². The number of carbonyl (C=O) groups excluding carboxylic acids is 1. The van der Waals surface area contributed by atoms with Crippen LogP contribution in [-0.2, 0) is 0 Å². The van der Waals surface area contributed by atoms with Crippen molar-refractivity contribution in [1.82, 2.24) is 0 Å². The fraction of sp³-hybridized carbons (Fsp3) is 0.357. The third kappa shape index (κ3) is 1.37. The van der Waals surface area contributed by atoms with E-state index < -0.39 is 0 Å². The van der Waals surface area contributed by atoms with Crippen LogP contribution >= 0.6 is 0 Å². The lowest BCUT2D eigenvalue weighted by atomic mass is 9.81. The Morgan fingerprint density at radius 1 is 1.38 bits per heavy atom. The zero-order chi connectivity index (χ0) is 11.1. The van der Waals surface area contributed by atoms with Gasteiger partial charge in [0.15, 0.2) is 5.76 Å². The highest BCUT2D eigenvalue weighted by atomic mass is 16.3. The maximum absolute atomic E-state index is 12.0. The van der Waals surface area contributed by atoms with Gasteiger partial charge in [-0.2, -0.15) is 0 Å². The van der Waals surface area contributed by atoms with Gasteiger partial charge >= 0.3 is 0 Å².